The van der Waals surface area contributed by atoms with Gasteiger partial charge in [0.25, 0.3) is 0 Å². The summed E-state index contributed by atoms with van der Waals surface area (Å²) >= 11 is 0. The minimum Gasteiger partial charge on any atom is -0.392 e. The number of nitrogens with one attached hydrogen (secondary N) is 1. The second kappa shape index (κ2) is 8.51. The van der Waals surface area contributed by atoms with Crippen molar-refractivity contribution in [2.45, 2.75) is 39.8 Å². The molecule has 3 heteroatoms. The van der Waals surface area contributed by atoms with Gasteiger partial charge < -0.3 is 10.4 Å². The van der Waals surface area contributed by atoms with Crippen LogP contribution in [0.15, 0.2) is 24.3 Å². The first-order valence-corrected chi connectivity index (χ1v) is 6.03. The smallest absolute Gasteiger partial charge is 0.0667 e. The van der Waals surface area contributed by atoms with Gasteiger partial charge in [-0.2, -0.15) is 0 Å². The predicted octanol–water partition coefficient (Wildman–Crippen LogP) is 2.91. The van der Waals surface area contributed by atoms with Crippen molar-refractivity contribution in [2.75, 3.05) is 6.54 Å². The summed E-state index contributed by atoms with van der Waals surface area (Å²) in [6.07, 6.45) is 0.629. The van der Waals surface area contributed by atoms with E-state index in [1.54, 1.807) is 0 Å². The third-order valence-electron chi connectivity index (χ3n) is 2.70. The van der Waals surface area contributed by atoms with E-state index < -0.39 is 0 Å². The van der Waals surface area contributed by atoms with E-state index in [0.717, 1.165) is 13.0 Å². The molecule has 0 aliphatic carbocycles. The maximum atomic E-state index is 9.70. The lowest BCUT2D eigenvalue weighted by atomic mass is 10.1. The van der Waals surface area contributed by atoms with Gasteiger partial charge in [-0.25, -0.2) is 0 Å². The number of benzene rings is 1. The van der Waals surface area contributed by atoms with Gasteiger partial charge in [-0.15, -0.1) is 12.4 Å². The van der Waals surface area contributed by atoms with Crippen molar-refractivity contribution in [3.8, 4) is 0 Å². The zero-order chi connectivity index (χ0) is 12.0. The molecule has 0 heterocycles. The summed E-state index contributed by atoms with van der Waals surface area (Å²) in [6, 6.07) is 8.33. The van der Waals surface area contributed by atoms with E-state index in [2.05, 4.69) is 44.3 Å². The van der Waals surface area contributed by atoms with E-state index >= 15 is 0 Å². The average Bonchev–Trinajstić information content (AvgIpc) is 2.19. The van der Waals surface area contributed by atoms with Crippen LogP contribution in [0.1, 0.15) is 31.4 Å². The molecule has 0 aliphatic heterocycles. The fourth-order valence-corrected chi connectivity index (χ4v) is 1.81. The molecule has 1 atom stereocenters. The topological polar surface area (TPSA) is 32.3 Å². The minimum absolute atomic E-state index is 0. The molecule has 0 spiro atoms. The molecule has 0 saturated heterocycles. The molecule has 1 aromatic rings. The molecule has 0 aromatic heterocycles. The Morgan fingerprint density at radius 3 is 2.47 bits per heavy atom. The standard InChI is InChI=1S/C14H23NO.ClH/c1-11(2)8-14(16)10-15-9-13-7-5-4-6-12(13)3;/h4-7,11,14-16H,8-10H2,1-3H3;1H. The fraction of sp³-hybridized carbons (Fsp3) is 0.571. The highest BCUT2D eigenvalue weighted by atomic mass is 35.5. The molecule has 1 aromatic carbocycles. The van der Waals surface area contributed by atoms with Crippen LogP contribution in [0.5, 0.6) is 0 Å². The van der Waals surface area contributed by atoms with Gasteiger partial charge in [0, 0.05) is 13.1 Å². The number of hydrogen-bond acceptors (Lipinski definition) is 2. The third-order valence-corrected chi connectivity index (χ3v) is 2.70. The van der Waals surface area contributed by atoms with Gasteiger partial charge in [0.1, 0.15) is 0 Å². The van der Waals surface area contributed by atoms with Crippen LogP contribution in [0.2, 0.25) is 0 Å². The van der Waals surface area contributed by atoms with Crippen molar-refractivity contribution in [2.24, 2.45) is 5.92 Å². The summed E-state index contributed by atoms with van der Waals surface area (Å²) in [5.74, 6) is 0.551. The number of halogens is 1. The number of aryl methyl sites for hydroxylation is 1. The first-order valence-electron chi connectivity index (χ1n) is 6.03. The van der Waals surface area contributed by atoms with Gasteiger partial charge >= 0.3 is 0 Å². The Morgan fingerprint density at radius 2 is 1.88 bits per heavy atom. The van der Waals surface area contributed by atoms with E-state index in [9.17, 15) is 5.11 Å². The largest absolute Gasteiger partial charge is 0.392 e. The number of hydrogen-bond donors (Lipinski definition) is 2. The van der Waals surface area contributed by atoms with Crippen molar-refractivity contribution in [1.29, 1.82) is 0 Å². The number of aliphatic hydroxyl groups excluding tert-OH is 1. The fourth-order valence-electron chi connectivity index (χ4n) is 1.81. The molecule has 2 N–H and O–H groups in total. The molecule has 0 bridgehead atoms. The lowest BCUT2D eigenvalue weighted by Gasteiger charge is -2.14. The van der Waals surface area contributed by atoms with Crippen molar-refractivity contribution in [3.63, 3.8) is 0 Å². The zero-order valence-electron chi connectivity index (χ0n) is 10.9. The Morgan fingerprint density at radius 1 is 1.24 bits per heavy atom. The second-order valence-electron chi connectivity index (χ2n) is 4.84. The monoisotopic (exact) mass is 257 g/mol. The Labute approximate surface area is 111 Å². The molecule has 98 valence electrons. The summed E-state index contributed by atoms with van der Waals surface area (Å²) in [6.45, 7) is 7.88. The molecule has 0 saturated carbocycles. The van der Waals surface area contributed by atoms with Gasteiger partial charge in [-0.3, -0.25) is 0 Å². The molecular weight excluding hydrogens is 234 g/mol. The van der Waals surface area contributed by atoms with E-state index in [1.165, 1.54) is 11.1 Å². The molecule has 0 aliphatic rings. The lowest BCUT2D eigenvalue weighted by Crippen LogP contribution is -2.27. The first-order chi connectivity index (χ1) is 7.59. The first kappa shape index (κ1) is 16.4. The maximum Gasteiger partial charge on any atom is 0.0667 e. The molecule has 1 unspecified atom stereocenters. The van der Waals surface area contributed by atoms with Crippen LogP contribution >= 0.6 is 12.4 Å². The molecular formula is C14H24ClNO. The highest BCUT2D eigenvalue weighted by Gasteiger charge is 2.06. The van der Waals surface area contributed by atoms with E-state index in [1.807, 2.05) is 6.07 Å². The van der Waals surface area contributed by atoms with Crippen LogP contribution in [0, 0.1) is 12.8 Å². The number of rotatable bonds is 6. The van der Waals surface area contributed by atoms with Gasteiger partial charge in [0.2, 0.25) is 0 Å². The van der Waals surface area contributed by atoms with Crippen LogP contribution < -0.4 is 5.32 Å². The molecule has 2 nitrogen and oxygen atoms in total. The van der Waals surface area contributed by atoms with Crippen LogP contribution in [0.3, 0.4) is 0 Å². The summed E-state index contributed by atoms with van der Waals surface area (Å²) in [4.78, 5) is 0. The summed E-state index contributed by atoms with van der Waals surface area (Å²) in [5.41, 5.74) is 2.60. The second-order valence-corrected chi connectivity index (χ2v) is 4.84. The van der Waals surface area contributed by atoms with E-state index in [0.29, 0.717) is 12.5 Å². The highest BCUT2D eigenvalue weighted by molar-refractivity contribution is 5.85. The molecule has 0 amide bonds. The Kier molecular flexibility index (Phi) is 8.23. The van der Waals surface area contributed by atoms with Gasteiger partial charge in [0.05, 0.1) is 6.10 Å². The van der Waals surface area contributed by atoms with Crippen molar-refractivity contribution < 1.29 is 5.11 Å². The Bertz CT molecular complexity index is 315. The van der Waals surface area contributed by atoms with Crippen LogP contribution in [-0.2, 0) is 6.54 Å². The normalized spacial score (nSPS) is 12.3. The van der Waals surface area contributed by atoms with E-state index in [4.69, 9.17) is 0 Å². The Hall–Kier alpha value is -0.570. The number of aliphatic hydroxyl groups is 1. The Balaban J connectivity index is 0.00000256. The van der Waals surface area contributed by atoms with Crippen LogP contribution in [0.4, 0.5) is 0 Å². The highest BCUT2D eigenvalue weighted by Crippen LogP contribution is 2.07. The molecule has 17 heavy (non-hydrogen) atoms. The van der Waals surface area contributed by atoms with Crippen LogP contribution in [0.25, 0.3) is 0 Å². The van der Waals surface area contributed by atoms with Gasteiger partial charge in [-0.05, 0) is 30.4 Å². The zero-order valence-corrected chi connectivity index (χ0v) is 11.8. The van der Waals surface area contributed by atoms with Crippen molar-refractivity contribution >= 4 is 12.4 Å². The van der Waals surface area contributed by atoms with Gasteiger partial charge in [-0.1, -0.05) is 38.1 Å². The van der Waals surface area contributed by atoms with Crippen molar-refractivity contribution in [1.82, 2.24) is 5.32 Å². The summed E-state index contributed by atoms with van der Waals surface area (Å²) < 4.78 is 0. The SMILES string of the molecule is Cc1ccccc1CNCC(O)CC(C)C.Cl. The predicted molar refractivity (Wildman–Crippen MR) is 75.6 cm³/mol. The van der Waals surface area contributed by atoms with E-state index in [-0.39, 0.29) is 18.5 Å². The maximum absolute atomic E-state index is 9.70. The summed E-state index contributed by atoms with van der Waals surface area (Å²) in [5, 5.41) is 13.0. The van der Waals surface area contributed by atoms with Gasteiger partial charge in [0.15, 0.2) is 0 Å². The average molecular weight is 258 g/mol. The molecule has 0 fully saturated rings. The lowest BCUT2D eigenvalue weighted by molar-refractivity contribution is 0.146. The third kappa shape index (κ3) is 6.67. The quantitative estimate of drug-likeness (QED) is 0.821. The summed E-state index contributed by atoms with van der Waals surface area (Å²) in [7, 11) is 0. The molecule has 1 rings (SSSR count). The van der Waals surface area contributed by atoms with Crippen LogP contribution in [-0.4, -0.2) is 17.8 Å². The molecule has 0 radical (unpaired) electrons. The van der Waals surface area contributed by atoms with Crippen molar-refractivity contribution in [3.05, 3.63) is 35.4 Å². The minimum atomic E-state index is -0.232.